The van der Waals surface area contributed by atoms with Crippen LogP contribution < -0.4 is 0 Å². The van der Waals surface area contributed by atoms with Crippen molar-refractivity contribution in [1.82, 2.24) is 9.55 Å². The fourth-order valence-electron chi connectivity index (χ4n) is 2.26. The molecule has 0 atom stereocenters. The smallest absolute Gasteiger partial charge is 0.115 e. The molecule has 5 heteroatoms. The van der Waals surface area contributed by atoms with E-state index in [1.54, 1.807) is 0 Å². The third kappa shape index (κ3) is 2.46. The molecule has 0 N–H and O–H groups in total. The second-order valence-electron chi connectivity index (χ2n) is 4.39. The number of hydrogen-bond acceptors (Lipinski definition) is 1. The van der Waals surface area contributed by atoms with Crippen LogP contribution in [0.4, 0.5) is 0 Å². The molecule has 0 fully saturated rings. The van der Waals surface area contributed by atoms with Crippen LogP contribution in [-0.4, -0.2) is 15.4 Å². The predicted molar refractivity (Wildman–Crippen MR) is 88.2 cm³/mol. The summed E-state index contributed by atoms with van der Waals surface area (Å²) in [5.74, 6) is 1.48. The minimum atomic E-state index is 0.536. The molecule has 0 spiro atoms. The fourth-order valence-corrected chi connectivity index (χ4v) is 3.29. The topological polar surface area (TPSA) is 17.8 Å². The van der Waals surface area contributed by atoms with Crippen LogP contribution in [0.1, 0.15) is 5.82 Å². The number of hydrogen-bond donors (Lipinski definition) is 0. The normalized spacial score (nSPS) is 11.2. The van der Waals surface area contributed by atoms with Gasteiger partial charge in [0, 0.05) is 21.8 Å². The molecule has 3 aromatic rings. The number of para-hydroxylation sites is 2. The lowest BCUT2D eigenvalue weighted by molar-refractivity contribution is 0.909. The van der Waals surface area contributed by atoms with Crippen molar-refractivity contribution in [2.45, 2.75) is 6.42 Å². The summed E-state index contributed by atoms with van der Waals surface area (Å²) >= 11 is 15.5. The van der Waals surface area contributed by atoms with Crippen LogP contribution in [0.25, 0.3) is 16.7 Å². The van der Waals surface area contributed by atoms with E-state index < -0.39 is 0 Å². The maximum Gasteiger partial charge on any atom is 0.115 e. The Morgan fingerprint density at radius 2 is 1.95 bits per heavy atom. The highest BCUT2D eigenvalue weighted by Crippen LogP contribution is 2.29. The average molecular weight is 370 g/mol. The first-order valence-corrected chi connectivity index (χ1v) is 7.89. The van der Waals surface area contributed by atoms with Gasteiger partial charge >= 0.3 is 0 Å². The molecular formula is C15H11BrCl2N2. The van der Waals surface area contributed by atoms with Gasteiger partial charge in [0.2, 0.25) is 0 Å². The van der Waals surface area contributed by atoms with E-state index in [0.717, 1.165) is 27.0 Å². The molecule has 0 aliphatic carbocycles. The summed E-state index contributed by atoms with van der Waals surface area (Å²) in [6.45, 7) is 0. The van der Waals surface area contributed by atoms with Crippen LogP contribution in [0.2, 0.25) is 5.02 Å². The van der Waals surface area contributed by atoms with Gasteiger partial charge in [0.1, 0.15) is 5.82 Å². The zero-order chi connectivity index (χ0) is 14.1. The first-order chi connectivity index (χ1) is 9.70. The van der Waals surface area contributed by atoms with E-state index in [-0.39, 0.29) is 0 Å². The molecular weight excluding hydrogens is 359 g/mol. The zero-order valence-corrected chi connectivity index (χ0v) is 13.6. The lowest BCUT2D eigenvalue weighted by atomic mass is 10.2. The van der Waals surface area contributed by atoms with Crippen molar-refractivity contribution in [3.63, 3.8) is 0 Å². The second kappa shape index (κ2) is 5.76. The van der Waals surface area contributed by atoms with Gasteiger partial charge in [-0.1, -0.05) is 23.7 Å². The lowest BCUT2D eigenvalue weighted by Gasteiger charge is -2.11. The summed E-state index contributed by atoms with van der Waals surface area (Å²) in [6.07, 6.45) is 0.714. The zero-order valence-electron chi connectivity index (χ0n) is 10.5. The molecule has 2 aromatic carbocycles. The minimum absolute atomic E-state index is 0.536. The first-order valence-electron chi connectivity index (χ1n) is 6.18. The maximum atomic E-state index is 6.02. The molecule has 0 amide bonds. The SMILES string of the molecule is ClCCc1nc2ccccc2n1-c1ccc(Cl)cc1Br. The summed E-state index contributed by atoms with van der Waals surface area (Å²) in [5.41, 5.74) is 3.05. The van der Waals surface area contributed by atoms with Crippen molar-refractivity contribution in [3.05, 3.63) is 57.8 Å². The van der Waals surface area contributed by atoms with Crippen LogP contribution in [0.5, 0.6) is 0 Å². The van der Waals surface area contributed by atoms with Gasteiger partial charge in [-0.3, -0.25) is 4.57 Å². The molecule has 0 saturated carbocycles. The van der Waals surface area contributed by atoms with E-state index in [9.17, 15) is 0 Å². The molecule has 0 aliphatic rings. The van der Waals surface area contributed by atoms with Gasteiger partial charge in [-0.2, -0.15) is 0 Å². The van der Waals surface area contributed by atoms with Crippen molar-refractivity contribution in [2.24, 2.45) is 0 Å². The molecule has 3 rings (SSSR count). The van der Waals surface area contributed by atoms with Crippen LogP contribution in [-0.2, 0) is 6.42 Å². The fraction of sp³-hybridized carbons (Fsp3) is 0.133. The Morgan fingerprint density at radius 1 is 1.15 bits per heavy atom. The van der Waals surface area contributed by atoms with Gasteiger partial charge in [0.05, 0.1) is 16.7 Å². The number of aromatic nitrogens is 2. The van der Waals surface area contributed by atoms with Crippen molar-refractivity contribution in [3.8, 4) is 5.69 Å². The highest BCUT2D eigenvalue weighted by molar-refractivity contribution is 9.10. The summed E-state index contributed by atoms with van der Waals surface area (Å²) in [4.78, 5) is 4.67. The quantitative estimate of drug-likeness (QED) is 0.578. The Hall–Kier alpha value is -1.03. The van der Waals surface area contributed by atoms with Gasteiger partial charge in [-0.05, 0) is 46.3 Å². The molecule has 0 unspecified atom stereocenters. The van der Waals surface area contributed by atoms with E-state index in [4.69, 9.17) is 23.2 Å². The van der Waals surface area contributed by atoms with Crippen molar-refractivity contribution in [2.75, 3.05) is 5.88 Å². The Kier molecular flexibility index (Phi) is 4.01. The largest absolute Gasteiger partial charge is 0.295 e. The van der Waals surface area contributed by atoms with E-state index in [1.807, 2.05) is 36.4 Å². The first kappa shape index (κ1) is 13.9. The predicted octanol–water partition coefficient (Wildman–Crippen LogP) is 5.22. The number of nitrogens with zero attached hydrogens (tertiary/aromatic N) is 2. The Balaban J connectivity index is 2.30. The molecule has 1 aromatic heterocycles. The summed E-state index contributed by atoms with van der Waals surface area (Å²) in [7, 11) is 0. The van der Waals surface area contributed by atoms with Crippen LogP contribution in [0.3, 0.4) is 0 Å². The number of imidazole rings is 1. The summed E-state index contributed by atoms with van der Waals surface area (Å²) < 4.78 is 3.06. The number of aryl methyl sites for hydroxylation is 1. The number of benzene rings is 2. The number of fused-ring (bicyclic) bond motifs is 1. The molecule has 102 valence electrons. The van der Waals surface area contributed by atoms with Crippen LogP contribution >= 0.6 is 39.1 Å². The standard InChI is InChI=1S/C15H11BrCl2N2/c16-11-9-10(18)5-6-13(11)20-14-4-2-1-3-12(14)19-15(20)7-8-17/h1-6,9H,7-8H2. The van der Waals surface area contributed by atoms with Crippen molar-refractivity contribution >= 4 is 50.2 Å². The third-order valence-corrected chi connectivity index (χ3v) is 4.16. The van der Waals surface area contributed by atoms with Gasteiger partial charge in [-0.25, -0.2) is 4.98 Å². The van der Waals surface area contributed by atoms with E-state index in [2.05, 4.69) is 31.5 Å². The Bertz CT molecular complexity index is 768. The van der Waals surface area contributed by atoms with Crippen LogP contribution in [0, 0.1) is 0 Å². The molecule has 2 nitrogen and oxygen atoms in total. The van der Waals surface area contributed by atoms with E-state index >= 15 is 0 Å². The van der Waals surface area contributed by atoms with Crippen LogP contribution in [0.15, 0.2) is 46.9 Å². The Morgan fingerprint density at radius 3 is 2.70 bits per heavy atom. The van der Waals surface area contributed by atoms with E-state index in [1.165, 1.54) is 0 Å². The number of halogens is 3. The number of alkyl halides is 1. The van der Waals surface area contributed by atoms with Gasteiger partial charge in [0.25, 0.3) is 0 Å². The highest BCUT2D eigenvalue weighted by atomic mass is 79.9. The average Bonchev–Trinajstić information content (AvgIpc) is 2.78. The molecule has 1 heterocycles. The molecule has 0 saturated heterocycles. The van der Waals surface area contributed by atoms with Gasteiger partial charge in [-0.15, -0.1) is 11.6 Å². The maximum absolute atomic E-state index is 6.02. The highest BCUT2D eigenvalue weighted by Gasteiger charge is 2.13. The van der Waals surface area contributed by atoms with Crippen molar-refractivity contribution < 1.29 is 0 Å². The molecule has 0 bridgehead atoms. The number of rotatable bonds is 3. The van der Waals surface area contributed by atoms with E-state index in [0.29, 0.717) is 17.3 Å². The van der Waals surface area contributed by atoms with Crippen molar-refractivity contribution in [1.29, 1.82) is 0 Å². The van der Waals surface area contributed by atoms with Gasteiger partial charge < -0.3 is 0 Å². The van der Waals surface area contributed by atoms with Gasteiger partial charge in [0.15, 0.2) is 0 Å². The monoisotopic (exact) mass is 368 g/mol. The second-order valence-corrected chi connectivity index (χ2v) is 6.06. The lowest BCUT2D eigenvalue weighted by Crippen LogP contribution is -2.03. The molecule has 20 heavy (non-hydrogen) atoms. The Labute approximate surface area is 135 Å². The summed E-state index contributed by atoms with van der Waals surface area (Å²) in [6, 6.07) is 13.8. The molecule has 0 radical (unpaired) electrons. The minimum Gasteiger partial charge on any atom is -0.295 e. The summed E-state index contributed by atoms with van der Waals surface area (Å²) in [5, 5.41) is 0.698. The third-order valence-electron chi connectivity index (χ3n) is 3.10. The molecule has 0 aliphatic heterocycles.